The van der Waals surface area contributed by atoms with E-state index >= 15 is 0 Å². The molecule has 1 amide bonds. The van der Waals surface area contributed by atoms with Gasteiger partial charge in [0.2, 0.25) is 0 Å². The quantitative estimate of drug-likeness (QED) is 0.863. The lowest BCUT2D eigenvalue weighted by molar-refractivity contribution is 0.0897. The van der Waals surface area contributed by atoms with Crippen molar-refractivity contribution in [2.75, 3.05) is 19.6 Å². The molecule has 0 atom stereocenters. The topological polar surface area (TPSA) is 48.1 Å². The summed E-state index contributed by atoms with van der Waals surface area (Å²) in [6, 6.07) is 8.51. The van der Waals surface area contributed by atoms with Crippen LogP contribution in [-0.2, 0) is 0 Å². The Morgan fingerprint density at radius 1 is 1.12 bits per heavy atom. The molecule has 0 spiro atoms. The Labute approximate surface area is 156 Å². The van der Waals surface area contributed by atoms with Crippen LogP contribution in [0.25, 0.3) is 10.9 Å². The van der Waals surface area contributed by atoms with Gasteiger partial charge in [0.1, 0.15) is 5.69 Å². The van der Waals surface area contributed by atoms with Crippen molar-refractivity contribution < 1.29 is 4.79 Å². The molecule has 0 unspecified atom stereocenters. The van der Waals surface area contributed by atoms with Crippen LogP contribution in [0.2, 0.25) is 0 Å². The summed E-state index contributed by atoms with van der Waals surface area (Å²) in [5, 5.41) is 4.34. The molecule has 2 N–H and O–H groups in total. The Balaban J connectivity index is 1.28. The third-order valence-electron chi connectivity index (χ3n) is 6.19. The van der Waals surface area contributed by atoms with Gasteiger partial charge in [-0.3, -0.25) is 4.79 Å². The molecule has 0 radical (unpaired) electrons. The van der Waals surface area contributed by atoms with E-state index in [0.29, 0.717) is 11.7 Å². The summed E-state index contributed by atoms with van der Waals surface area (Å²) in [5.41, 5.74) is 2.92. The van der Waals surface area contributed by atoms with Crippen LogP contribution in [0.3, 0.4) is 0 Å². The van der Waals surface area contributed by atoms with Crippen LogP contribution >= 0.6 is 0 Å². The number of aromatic nitrogens is 1. The van der Waals surface area contributed by atoms with Gasteiger partial charge in [0.25, 0.3) is 5.91 Å². The van der Waals surface area contributed by atoms with Gasteiger partial charge in [0.15, 0.2) is 0 Å². The summed E-state index contributed by atoms with van der Waals surface area (Å²) in [5.74, 6) is 0.939. The fourth-order valence-electron chi connectivity index (χ4n) is 4.62. The van der Waals surface area contributed by atoms with Crippen molar-refractivity contribution in [3.8, 4) is 0 Å². The Bertz CT molecular complexity index is 752. The Hall–Kier alpha value is -1.81. The number of amides is 1. The number of hydrogen-bond acceptors (Lipinski definition) is 2. The molecule has 0 bridgehead atoms. The predicted molar refractivity (Wildman–Crippen MR) is 107 cm³/mol. The molecule has 1 saturated carbocycles. The summed E-state index contributed by atoms with van der Waals surface area (Å²) in [6.45, 7) is 5.57. The number of rotatable bonds is 4. The molecule has 1 aliphatic carbocycles. The third kappa shape index (κ3) is 4.12. The minimum Gasteiger partial charge on any atom is -0.351 e. The number of H-pyrrole nitrogens is 1. The van der Waals surface area contributed by atoms with Crippen molar-refractivity contribution in [2.24, 2.45) is 5.92 Å². The molecule has 26 heavy (non-hydrogen) atoms. The Morgan fingerprint density at radius 2 is 1.88 bits per heavy atom. The standard InChI is InChI=1S/C22H31N3O/c1-16-7-8-18-14-21(24-20(18)13-16)22(26)23-19-9-11-25(12-10-19)15-17-5-3-2-4-6-17/h7-8,13-14,17,19,24H,2-6,9-12,15H2,1H3,(H,23,26). The Morgan fingerprint density at radius 3 is 2.65 bits per heavy atom. The number of likely N-dealkylation sites (tertiary alicyclic amines) is 1. The summed E-state index contributed by atoms with van der Waals surface area (Å²) < 4.78 is 0. The highest BCUT2D eigenvalue weighted by molar-refractivity contribution is 5.98. The fourth-order valence-corrected chi connectivity index (χ4v) is 4.62. The Kier molecular flexibility index (Phi) is 5.30. The summed E-state index contributed by atoms with van der Waals surface area (Å²) in [4.78, 5) is 18.5. The van der Waals surface area contributed by atoms with E-state index in [0.717, 1.165) is 42.8 Å². The van der Waals surface area contributed by atoms with E-state index in [1.165, 1.54) is 44.2 Å². The fraction of sp³-hybridized carbons (Fsp3) is 0.591. The van der Waals surface area contributed by atoms with E-state index in [2.05, 4.69) is 40.3 Å². The maximum absolute atomic E-state index is 12.6. The molecule has 2 aromatic rings. The van der Waals surface area contributed by atoms with E-state index in [-0.39, 0.29) is 5.91 Å². The predicted octanol–water partition coefficient (Wildman–Crippen LogP) is 4.25. The molecule has 2 fully saturated rings. The van der Waals surface area contributed by atoms with Crippen LogP contribution in [-0.4, -0.2) is 41.5 Å². The van der Waals surface area contributed by atoms with E-state index in [4.69, 9.17) is 0 Å². The summed E-state index contributed by atoms with van der Waals surface area (Å²) >= 11 is 0. The number of fused-ring (bicyclic) bond motifs is 1. The molecule has 140 valence electrons. The molecule has 4 rings (SSSR count). The molecule has 1 aromatic heterocycles. The van der Waals surface area contributed by atoms with Gasteiger partial charge in [0.05, 0.1) is 0 Å². The smallest absolute Gasteiger partial charge is 0.267 e. The SMILES string of the molecule is Cc1ccc2cc(C(=O)NC3CCN(CC4CCCCC4)CC3)[nH]c2c1. The van der Waals surface area contributed by atoms with Gasteiger partial charge in [-0.15, -0.1) is 0 Å². The number of carbonyl (C=O) groups excluding carboxylic acids is 1. The number of nitrogens with one attached hydrogen (secondary N) is 2. The molecule has 2 aliphatic rings. The zero-order valence-corrected chi connectivity index (χ0v) is 15.9. The lowest BCUT2D eigenvalue weighted by Crippen LogP contribution is -2.46. The first-order valence-electron chi connectivity index (χ1n) is 10.3. The van der Waals surface area contributed by atoms with Crippen molar-refractivity contribution in [1.82, 2.24) is 15.2 Å². The van der Waals surface area contributed by atoms with E-state index in [1.807, 2.05) is 6.07 Å². The molecule has 1 saturated heterocycles. The highest BCUT2D eigenvalue weighted by Crippen LogP contribution is 2.25. The van der Waals surface area contributed by atoms with Gasteiger partial charge in [-0.05, 0) is 56.2 Å². The van der Waals surface area contributed by atoms with Crippen molar-refractivity contribution in [3.63, 3.8) is 0 Å². The van der Waals surface area contributed by atoms with Gasteiger partial charge in [-0.25, -0.2) is 0 Å². The maximum atomic E-state index is 12.6. The normalized spacial score (nSPS) is 20.5. The molecule has 4 heteroatoms. The van der Waals surface area contributed by atoms with Gasteiger partial charge < -0.3 is 15.2 Å². The van der Waals surface area contributed by atoms with Crippen LogP contribution in [0.5, 0.6) is 0 Å². The average molecular weight is 354 g/mol. The number of piperidine rings is 1. The maximum Gasteiger partial charge on any atom is 0.267 e. The molecule has 2 heterocycles. The molecule has 1 aromatic carbocycles. The van der Waals surface area contributed by atoms with Gasteiger partial charge in [0, 0.05) is 36.6 Å². The zero-order chi connectivity index (χ0) is 17.9. The number of aryl methyl sites for hydroxylation is 1. The highest BCUT2D eigenvalue weighted by atomic mass is 16.1. The second-order valence-corrected chi connectivity index (χ2v) is 8.33. The first kappa shape index (κ1) is 17.6. The number of benzene rings is 1. The largest absolute Gasteiger partial charge is 0.351 e. The van der Waals surface area contributed by atoms with Crippen LogP contribution in [0.4, 0.5) is 0 Å². The first-order valence-corrected chi connectivity index (χ1v) is 10.3. The number of nitrogens with zero attached hydrogens (tertiary/aromatic N) is 1. The monoisotopic (exact) mass is 353 g/mol. The van der Waals surface area contributed by atoms with E-state index in [1.54, 1.807) is 0 Å². The third-order valence-corrected chi connectivity index (χ3v) is 6.19. The van der Waals surface area contributed by atoms with Crippen LogP contribution in [0, 0.1) is 12.8 Å². The second-order valence-electron chi connectivity index (χ2n) is 8.33. The first-order chi connectivity index (χ1) is 12.7. The van der Waals surface area contributed by atoms with Crippen LogP contribution in [0.15, 0.2) is 24.3 Å². The molecule has 1 aliphatic heterocycles. The highest BCUT2D eigenvalue weighted by Gasteiger charge is 2.24. The zero-order valence-electron chi connectivity index (χ0n) is 15.9. The molecule has 4 nitrogen and oxygen atoms in total. The van der Waals surface area contributed by atoms with E-state index in [9.17, 15) is 4.79 Å². The van der Waals surface area contributed by atoms with Gasteiger partial charge >= 0.3 is 0 Å². The molecular formula is C22H31N3O. The lowest BCUT2D eigenvalue weighted by Gasteiger charge is -2.35. The average Bonchev–Trinajstić information content (AvgIpc) is 3.07. The van der Waals surface area contributed by atoms with Gasteiger partial charge in [-0.2, -0.15) is 0 Å². The number of aromatic amines is 1. The van der Waals surface area contributed by atoms with Crippen molar-refractivity contribution >= 4 is 16.8 Å². The lowest BCUT2D eigenvalue weighted by atomic mass is 9.88. The summed E-state index contributed by atoms with van der Waals surface area (Å²) in [6.07, 6.45) is 9.23. The van der Waals surface area contributed by atoms with Crippen molar-refractivity contribution in [2.45, 2.75) is 57.9 Å². The van der Waals surface area contributed by atoms with Crippen molar-refractivity contribution in [3.05, 3.63) is 35.5 Å². The number of hydrogen-bond donors (Lipinski definition) is 2. The minimum atomic E-state index is 0.0320. The van der Waals surface area contributed by atoms with Crippen molar-refractivity contribution in [1.29, 1.82) is 0 Å². The second kappa shape index (κ2) is 7.83. The van der Waals surface area contributed by atoms with E-state index < -0.39 is 0 Å². The minimum absolute atomic E-state index is 0.0320. The summed E-state index contributed by atoms with van der Waals surface area (Å²) in [7, 11) is 0. The number of carbonyl (C=O) groups is 1. The van der Waals surface area contributed by atoms with Crippen LogP contribution < -0.4 is 5.32 Å². The van der Waals surface area contributed by atoms with Crippen LogP contribution in [0.1, 0.15) is 61.0 Å². The molecular weight excluding hydrogens is 322 g/mol. The van der Waals surface area contributed by atoms with Gasteiger partial charge in [-0.1, -0.05) is 31.4 Å².